The smallest absolute Gasteiger partial charge is 0.254 e. The van der Waals surface area contributed by atoms with Crippen LogP contribution in [0.15, 0.2) is 22.7 Å². The molecule has 18 heavy (non-hydrogen) atoms. The molecule has 0 aliphatic carbocycles. The van der Waals surface area contributed by atoms with Crippen molar-refractivity contribution in [3.8, 4) is 0 Å². The molecule has 0 radical (unpaired) electrons. The van der Waals surface area contributed by atoms with E-state index < -0.39 is 0 Å². The highest BCUT2D eigenvalue weighted by Crippen LogP contribution is 2.20. The quantitative estimate of drug-likeness (QED) is 0.795. The van der Waals surface area contributed by atoms with Crippen LogP contribution >= 0.6 is 15.9 Å². The van der Waals surface area contributed by atoms with Crippen LogP contribution < -0.4 is 0 Å². The van der Waals surface area contributed by atoms with Gasteiger partial charge in [0.25, 0.3) is 5.91 Å². The normalized spacial score (nSPS) is 12.3. The summed E-state index contributed by atoms with van der Waals surface area (Å²) in [6, 6.07) is 5.88. The van der Waals surface area contributed by atoms with Crippen LogP contribution in [0.1, 0.15) is 43.1 Å². The van der Waals surface area contributed by atoms with E-state index in [1.807, 2.05) is 36.9 Å². The van der Waals surface area contributed by atoms with Gasteiger partial charge in [-0.1, -0.05) is 26.3 Å². The largest absolute Gasteiger partial charge is 0.339 e. The fourth-order valence-electron chi connectivity index (χ4n) is 1.82. The van der Waals surface area contributed by atoms with E-state index >= 15 is 0 Å². The summed E-state index contributed by atoms with van der Waals surface area (Å²) in [4.78, 5) is 14.4. The molecule has 0 N–H and O–H groups in total. The van der Waals surface area contributed by atoms with Crippen LogP contribution in [-0.2, 0) is 0 Å². The van der Waals surface area contributed by atoms with Crippen LogP contribution in [0.25, 0.3) is 0 Å². The summed E-state index contributed by atoms with van der Waals surface area (Å²) < 4.78 is 0.884. The number of rotatable bonds is 5. The molecule has 100 valence electrons. The minimum atomic E-state index is 0.115. The van der Waals surface area contributed by atoms with Gasteiger partial charge in [0, 0.05) is 17.6 Å². The van der Waals surface area contributed by atoms with Crippen molar-refractivity contribution in [3.63, 3.8) is 0 Å². The third-order valence-electron chi connectivity index (χ3n) is 3.25. The van der Waals surface area contributed by atoms with Gasteiger partial charge in [-0.15, -0.1) is 0 Å². The van der Waals surface area contributed by atoms with Crippen molar-refractivity contribution < 1.29 is 4.79 Å². The Kier molecular flexibility index (Phi) is 5.86. The molecule has 0 aliphatic rings. The Labute approximate surface area is 119 Å². The van der Waals surface area contributed by atoms with Gasteiger partial charge in [0.15, 0.2) is 0 Å². The van der Waals surface area contributed by atoms with E-state index in [9.17, 15) is 4.79 Å². The van der Waals surface area contributed by atoms with Crippen molar-refractivity contribution >= 4 is 21.8 Å². The number of halogens is 1. The van der Waals surface area contributed by atoms with Crippen LogP contribution in [0, 0.1) is 12.8 Å². The Hall–Kier alpha value is -0.830. The summed E-state index contributed by atoms with van der Waals surface area (Å²) in [5, 5.41) is 0. The Morgan fingerprint density at radius 3 is 2.56 bits per heavy atom. The second-order valence-electron chi connectivity index (χ2n) is 4.84. The van der Waals surface area contributed by atoms with E-state index in [4.69, 9.17) is 0 Å². The van der Waals surface area contributed by atoms with E-state index in [0.717, 1.165) is 35.1 Å². The monoisotopic (exact) mass is 311 g/mol. The minimum absolute atomic E-state index is 0.115. The van der Waals surface area contributed by atoms with E-state index in [1.165, 1.54) is 0 Å². The second-order valence-corrected chi connectivity index (χ2v) is 5.69. The number of amides is 1. The summed E-state index contributed by atoms with van der Waals surface area (Å²) in [5.74, 6) is 0.655. The summed E-state index contributed by atoms with van der Waals surface area (Å²) in [7, 11) is 0. The Bertz CT molecular complexity index is 417. The average molecular weight is 312 g/mol. The maximum Gasteiger partial charge on any atom is 0.254 e. The zero-order chi connectivity index (χ0) is 13.7. The molecule has 0 heterocycles. The van der Waals surface area contributed by atoms with Crippen LogP contribution in [0.2, 0.25) is 0 Å². The molecule has 2 nitrogen and oxygen atoms in total. The maximum atomic E-state index is 12.5. The first kappa shape index (κ1) is 15.2. The third-order valence-corrected chi connectivity index (χ3v) is 3.91. The number of aryl methyl sites for hydroxylation is 1. The topological polar surface area (TPSA) is 20.3 Å². The van der Waals surface area contributed by atoms with Gasteiger partial charge in [-0.2, -0.15) is 0 Å². The van der Waals surface area contributed by atoms with Crippen LogP contribution in [-0.4, -0.2) is 23.9 Å². The van der Waals surface area contributed by atoms with Gasteiger partial charge in [-0.3, -0.25) is 4.79 Å². The number of carbonyl (C=O) groups excluding carboxylic acids is 1. The highest BCUT2D eigenvalue weighted by Gasteiger charge is 2.18. The first-order valence-electron chi connectivity index (χ1n) is 6.55. The molecule has 0 saturated heterocycles. The zero-order valence-corrected chi connectivity index (χ0v) is 13.3. The lowest BCUT2D eigenvalue weighted by atomic mass is 10.1. The van der Waals surface area contributed by atoms with Gasteiger partial charge >= 0.3 is 0 Å². The predicted octanol–water partition coefficient (Wildman–Crippen LogP) is 4.27. The summed E-state index contributed by atoms with van der Waals surface area (Å²) in [5.41, 5.74) is 1.91. The lowest BCUT2D eigenvalue weighted by Gasteiger charge is -2.24. The van der Waals surface area contributed by atoms with Crippen molar-refractivity contribution in [3.05, 3.63) is 33.8 Å². The molecule has 1 aromatic carbocycles. The SMILES string of the molecule is CCC(C)CN(CC)C(=O)c1ccc(C)cc1Br. The Morgan fingerprint density at radius 2 is 2.06 bits per heavy atom. The molecule has 3 heteroatoms. The standard InChI is InChI=1S/C15H22BrNO/c1-5-11(3)10-17(6-2)15(18)13-8-7-12(4)9-14(13)16/h7-9,11H,5-6,10H2,1-4H3. The molecule has 1 atom stereocenters. The molecular formula is C15H22BrNO. The molecule has 0 saturated carbocycles. The van der Waals surface area contributed by atoms with Crippen molar-refractivity contribution in [2.24, 2.45) is 5.92 Å². The summed E-state index contributed by atoms with van der Waals surface area (Å²) in [6.45, 7) is 9.97. The molecule has 1 rings (SSSR count). The Balaban J connectivity index is 2.89. The molecule has 0 spiro atoms. The van der Waals surface area contributed by atoms with Crippen LogP contribution in [0.4, 0.5) is 0 Å². The van der Waals surface area contributed by atoms with Crippen LogP contribution in [0.3, 0.4) is 0 Å². The Morgan fingerprint density at radius 1 is 1.39 bits per heavy atom. The van der Waals surface area contributed by atoms with Crippen molar-refractivity contribution in [1.29, 1.82) is 0 Å². The molecule has 1 unspecified atom stereocenters. The molecule has 1 amide bonds. The van der Waals surface area contributed by atoms with Crippen molar-refractivity contribution in [2.75, 3.05) is 13.1 Å². The lowest BCUT2D eigenvalue weighted by Crippen LogP contribution is -2.34. The maximum absolute atomic E-state index is 12.5. The highest BCUT2D eigenvalue weighted by atomic mass is 79.9. The molecule has 0 fully saturated rings. The van der Waals surface area contributed by atoms with Crippen molar-refractivity contribution in [1.82, 2.24) is 4.90 Å². The van der Waals surface area contributed by atoms with Crippen molar-refractivity contribution in [2.45, 2.75) is 34.1 Å². The van der Waals surface area contributed by atoms with Gasteiger partial charge in [0.1, 0.15) is 0 Å². The summed E-state index contributed by atoms with van der Waals surface area (Å²) in [6.07, 6.45) is 1.10. The summed E-state index contributed by atoms with van der Waals surface area (Å²) >= 11 is 3.48. The molecule has 1 aromatic rings. The van der Waals surface area contributed by atoms with Gasteiger partial charge < -0.3 is 4.90 Å². The number of hydrogen-bond acceptors (Lipinski definition) is 1. The third kappa shape index (κ3) is 3.84. The average Bonchev–Trinajstić information content (AvgIpc) is 2.34. The first-order valence-corrected chi connectivity index (χ1v) is 7.34. The molecule has 0 aromatic heterocycles. The molecule has 0 bridgehead atoms. The number of benzene rings is 1. The lowest BCUT2D eigenvalue weighted by molar-refractivity contribution is 0.0740. The number of nitrogens with zero attached hydrogens (tertiary/aromatic N) is 1. The highest BCUT2D eigenvalue weighted by molar-refractivity contribution is 9.10. The predicted molar refractivity (Wildman–Crippen MR) is 79.9 cm³/mol. The number of carbonyl (C=O) groups is 1. The van der Waals surface area contributed by atoms with E-state index in [0.29, 0.717) is 5.92 Å². The van der Waals surface area contributed by atoms with Gasteiger partial charge in [-0.25, -0.2) is 0 Å². The zero-order valence-electron chi connectivity index (χ0n) is 11.7. The minimum Gasteiger partial charge on any atom is -0.339 e. The van der Waals surface area contributed by atoms with Crippen LogP contribution in [0.5, 0.6) is 0 Å². The number of hydrogen-bond donors (Lipinski definition) is 0. The van der Waals surface area contributed by atoms with E-state index in [1.54, 1.807) is 0 Å². The first-order chi connectivity index (χ1) is 8.49. The fourth-order valence-corrected chi connectivity index (χ4v) is 2.49. The van der Waals surface area contributed by atoms with E-state index in [-0.39, 0.29) is 5.91 Å². The molecular weight excluding hydrogens is 290 g/mol. The van der Waals surface area contributed by atoms with Gasteiger partial charge in [-0.05, 0) is 53.4 Å². The fraction of sp³-hybridized carbons (Fsp3) is 0.533. The van der Waals surface area contributed by atoms with Gasteiger partial charge in [0.05, 0.1) is 5.56 Å². The molecule has 0 aliphatic heterocycles. The van der Waals surface area contributed by atoms with E-state index in [2.05, 4.69) is 29.8 Å². The second kappa shape index (κ2) is 6.93. The van der Waals surface area contributed by atoms with Gasteiger partial charge in [0.2, 0.25) is 0 Å².